The quantitative estimate of drug-likeness (QED) is 0.159. The Labute approximate surface area is 220 Å². The van der Waals surface area contributed by atoms with E-state index in [0.717, 1.165) is 72.7 Å². The normalized spacial score (nSPS) is 16.7. The Morgan fingerprint density at radius 2 is 1.00 bits per heavy atom. The molecular formula is C31H44O3Si2. The molecular weight excluding hydrogens is 477 g/mol. The maximum absolute atomic E-state index is 13.0. The van der Waals surface area contributed by atoms with E-state index in [1.807, 2.05) is 60.7 Å². The predicted octanol–water partition coefficient (Wildman–Crippen LogP) is 8.73. The fourth-order valence-corrected chi connectivity index (χ4v) is 6.70. The molecule has 36 heavy (non-hydrogen) atoms. The summed E-state index contributed by atoms with van der Waals surface area (Å²) in [6.07, 6.45) is 7.85. The van der Waals surface area contributed by atoms with Gasteiger partial charge in [-0.3, -0.25) is 4.79 Å². The number of ketones is 1. The first-order valence-electron chi connectivity index (χ1n) is 13.4. The van der Waals surface area contributed by atoms with Crippen molar-refractivity contribution in [3.8, 4) is 11.5 Å². The molecule has 0 amide bonds. The minimum absolute atomic E-state index is 0.161. The lowest BCUT2D eigenvalue weighted by atomic mass is 10.1. The SMILES string of the molecule is C[Si](C)(C)CCCOc1ccc(C=C2CCC(=Cc3ccc(OCCC[Si](C)(C)C)cc3)C2=O)cc1. The Hall–Kier alpha value is -2.38. The number of ether oxygens (including phenoxy) is 2. The van der Waals surface area contributed by atoms with Gasteiger partial charge in [0.05, 0.1) is 13.2 Å². The monoisotopic (exact) mass is 520 g/mol. The summed E-state index contributed by atoms with van der Waals surface area (Å²) in [5.74, 6) is 1.96. The first-order valence-corrected chi connectivity index (χ1v) is 20.8. The molecule has 5 heteroatoms. The first-order chi connectivity index (χ1) is 17.0. The van der Waals surface area contributed by atoms with E-state index in [1.165, 1.54) is 12.1 Å². The smallest absolute Gasteiger partial charge is 0.185 e. The molecule has 1 fully saturated rings. The van der Waals surface area contributed by atoms with Crippen molar-refractivity contribution < 1.29 is 14.3 Å². The Balaban J connectivity index is 1.51. The van der Waals surface area contributed by atoms with Crippen molar-refractivity contribution in [1.29, 1.82) is 0 Å². The highest BCUT2D eigenvalue weighted by molar-refractivity contribution is 6.76. The summed E-state index contributed by atoms with van der Waals surface area (Å²) in [6.45, 7) is 15.9. The second-order valence-electron chi connectivity index (χ2n) is 12.3. The summed E-state index contributed by atoms with van der Waals surface area (Å²) in [5, 5.41) is 0. The molecule has 0 unspecified atom stereocenters. The standard InChI is InChI=1S/C31H44O3Si2/c1-35(2,3)21-7-19-33-29-15-9-25(10-16-29)23-27-13-14-28(31(27)32)24-26-11-17-30(18-12-26)34-20-8-22-36(4,5)6/h9-12,15-18,23-24H,7-8,13-14,19-22H2,1-6H3. The Bertz CT molecular complexity index is 967. The summed E-state index contributed by atoms with van der Waals surface area (Å²) >= 11 is 0. The molecule has 194 valence electrons. The number of benzene rings is 2. The highest BCUT2D eigenvalue weighted by atomic mass is 28.3. The van der Waals surface area contributed by atoms with E-state index in [1.54, 1.807) is 0 Å². The summed E-state index contributed by atoms with van der Waals surface area (Å²) in [5.41, 5.74) is 3.86. The zero-order valence-electron chi connectivity index (χ0n) is 23.2. The third-order valence-electron chi connectivity index (χ3n) is 6.37. The van der Waals surface area contributed by atoms with Crippen LogP contribution < -0.4 is 9.47 Å². The van der Waals surface area contributed by atoms with Crippen LogP contribution in [0.1, 0.15) is 36.8 Å². The van der Waals surface area contributed by atoms with Crippen molar-refractivity contribution in [3.63, 3.8) is 0 Å². The van der Waals surface area contributed by atoms with E-state index >= 15 is 0 Å². The van der Waals surface area contributed by atoms with E-state index in [4.69, 9.17) is 9.47 Å². The third kappa shape index (κ3) is 9.94. The third-order valence-corrected chi connectivity index (χ3v) is 10.1. The molecule has 3 nitrogen and oxygen atoms in total. The zero-order valence-corrected chi connectivity index (χ0v) is 25.2. The molecule has 0 atom stereocenters. The minimum Gasteiger partial charge on any atom is -0.494 e. The number of allylic oxidation sites excluding steroid dienone is 2. The molecule has 0 aromatic heterocycles. The molecule has 0 saturated heterocycles. The maximum atomic E-state index is 13.0. The summed E-state index contributed by atoms with van der Waals surface area (Å²) in [4.78, 5) is 13.0. The lowest BCUT2D eigenvalue weighted by Crippen LogP contribution is -2.19. The van der Waals surface area contributed by atoms with Crippen LogP contribution in [0.5, 0.6) is 11.5 Å². The molecule has 3 rings (SSSR count). The van der Waals surface area contributed by atoms with Crippen LogP contribution in [-0.2, 0) is 4.79 Å². The number of rotatable bonds is 12. The number of carbonyl (C=O) groups is 1. The van der Waals surface area contributed by atoms with Gasteiger partial charge in [-0.1, -0.05) is 75.6 Å². The molecule has 1 saturated carbocycles. The van der Waals surface area contributed by atoms with E-state index in [0.29, 0.717) is 0 Å². The van der Waals surface area contributed by atoms with Crippen LogP contribution in [0.15, 0.2) is 59.7 Å². The van der Waals surface area contributed by atoms with Crippen LogP contribution in [-0.4, -0.2) is 35.1 Å². The minimum atomic E-state index is -1.01. The second-order valence-corrected chi connectivity index (χ2v) is 23.6. The summed E-state index contributed by atoms with van der Waals surface area (Å²) in [7, 11) is -2.01. The average molecular weight is 521 g/mol. The van der Waals surface area contributed by atoms with Crippen molar-refractivity contribution in [2.24, 2.45) is 0 Å². The van der Waals surface area contributed by atoms with Crippen LogP contribution >= 0.6 is 0 Å². The highest BCUT2D eigenvalue weighted by Gasteiger charge is 2.23. The van der Waals surface area contributed by atoms with E-state index in [-0.39, 0.29) is 5.78 Å². The number of hydrogen-bond donors (Lipinski definition) is 0. The van der Waals surface area contributed by atoms with Crippen molar-refractivity contribution in [3.05, 3.63) is 70.8 Å². The van der Waals surface area contributed by atoms with Gasteiger partial charge in [-0.05, 0) is 73.2 Å². The Morgan fingerprint density at radius 3 is 1.33 bits per heavy atom. The molecule has 0 heterocycles. The second kappa shape index (κ2) is 12.7. The zero-order chi connectivity index (χ0) is 26.2. The van der Waals surface area contributed by atoms with E-state index in [9.17, 15) is 4.79 Å². The van der Waals surface area contributed by atoms with Gasteiger partial charge in [-0.15, -0.1) is 0 Å². The van der Waals surface area contributed by atoms with Gasteiger partial charge in [0.2, 0.25) is 0 Å². The lowest BCUT2D eigenvalue weighted by Gasteiger charge is -2.15. The van der Waals surface area contributed by atoms with Gasteiger partial charge >= 0.3 is 0 Å². The van der Waals surface area contributed by atoms with Crippen LogP contribution in [0.3, 0.4) is 0 Å². The molecule has 0 bridgehead atoms. The molecule has 0 radical (unpaired) electrons. The summed E-state index contributed by atoms with van der Waals surface area (Å²) in [6, 6.07) is 18.7. The number of hydrogen-bond acceptors (Lipinski definition) is 3. The molecule has 2 aromatic carbocycles. The first kappa shape index (κ1) is 28.2. The van der Waals surface area contributed by atoms with Gasteiger partial charge in [0.15, 0.2) is 5.78 Å². The lowest BCUT2D eigenvalue weighted by molar-refractivity contribution is -0.111. The maximum Gasteiger partial charge on any atom is 0.185 e. The fraction of sp³-hybridized carbons (Fsp3) is 0.452. The molecule has 0 N–H and O–H groups in total. The predicted molar refractivity (Wildman–Crippen MR) is 160 cm³/mol. The van der Waals surface area contributed by atoms with E-state index in [2.05, 4.69) is 39.3 Å². The van der Waals surface area contributed by atoms with Gasteiger partial charge < -0.3 is 9.47 Å². The van der Waals surface area contributed by atoms with Gasteiger partial charge in [-0.2, -0.15) is 0 Å². The van der Waals surface area contributed by atoms with E-state index < -0.39 is 16.1 Å². The van der Waals surface area contributed by atoms with Crippen LogP contribution in [0, 0.1) is 0 Å². The molecule has 0 aliphatic heterocycles. The average Bonchev–Trinajstić information content (AvgIpc) is 3.14. The largest absolute Gasteiger partial charge is 0.494 e. The Kier molecular flexibility index (Phi) is 9.97. The highest BCUT2D eigenvalue weighted by Crippen LogP contribution is 2.30. The topological polar surface area (TPSA) is 35.5 Å². The van der Waals surface area contributed by atoms with Gasteiger partial charge in [0, 0.05) is 27.3 Å². The van der Waals surface area contributed by atoms with Crippen molar-refractivity contribution >= 4 is 34.1 Å². The van der Waals surface area contributed by atoms with Gasteiger partial charge in [0.25, 0.3) is 0 Å². The molecule has 1 aliphatic rings. The fourth-order valence-electron chi connectivity index (χ4n) is 4.29. The van der Waals surface area contributed by atoms with Crippen molar-refractivity contribution in [1.82, 2.24) is 0 Å². The Morgan fingerprint density at radius 1 is 0.639 bits per heavy atom. The van der Waals surface area contributed by atoms with Crippen LogP contribution in [0.25, 0.3) is 12.2 Å². The van der Waals surface area contributed by atoms with Crippen LogP contribution in [0.2, 0.25) is 51.4 Å². The molecule has 2 aromatic rings. The number of Topliss-reactive ketones (excluding diaryl/α,β-unsaturated/α-hetero) is 1. The van der Waals surface area contributed by atoms with Crippen molar-refractivity contribution in [2.45, 2.75) is 77.1 Å². The molecule has 1 aliphatic carbocycles. The number of carbonyl (C=O) groups excluding carboxylic acids is 1. The summed E-state index contributed by atoms with van der Waals surface area (Å²) < 4.78 is 11.8. The van der Waals surface area contributed by atoms with Gasteiger partial charge in [-0.25, -0.2) is 0 Å². The van der Waals surface area contributed by atoms with Gasteiger partial charge in [0.1, 0.15) is 11.5 Å². The van der Waals surface area contributed by atoms with Crippen molar-refractivity contribution in [2.75, 3.05) is 13.2 Å². The molecule has 0 spiro atoms. The van der Waals surface area contributed by atoms with Crippen LogP contribution in [0.4, 0.5) is 0 Å².